The highest BCUT2D eigenvalue weighted by molar-refractivity contribution is 9.10. The number of hydrogen-bond donors (Lipinski definition) is 3. The number of halogens is 1. The summed E-state index contributed by atoms with van der Waals surface area (Å²) < 4.78 is 6.41. The lowest BCUT2D eigenvalue weighted by Crippen LogP contribution is -2.39. The average Bonchev–Trinajstić information content (AvgIpc) is 2.37. The van der Waals surface area contributed by atoms with E-state index in [1.807, 2.05) is 31.2 Å². The Hall–Kier alpha value is -0.620. The molecule has 0 bridgehead atoms. The number of rotatable bonds is 8. The van der Waals surface area contributed by atoms with Gasteiger partial charge in [0.05, 0.1) is 6.61 Å². The predicted molar refractivity (Wildman–Crippen MR) is 74.8 cm³/mol. The first-order chi connectivity index (χ1) is 8.65. The van der Waals surface area contributed by atoms with Crippen LogP contribution in [0.25, 0.3) is 0 Å². The summed E-state index contributed by atoms with van der Waals surface area (Å²) in [5, 5.41) is 21.8. The predicted octanol–water partition coefficient (Wildman–Crippen LogP) is 1.55. The van der Waals surface area contributed by atoms with E-state index >= 15 is 0 Å². The summed E-state index contributed by atoms with van der Waals surface area (Å²) in [7, 11) is 0. The van der Waals surface area contributed by atoms with E-state index < -0.39 is 6.10 Å². The van der Waals surface area contributed by atoms with E-state index in [1.165, 1.54) is 0 Å². The third-order valence-corrected chi connectivity index (χ3v) is 3.09. The van der Waals surface area contributed by atoms with Crippen molar-refractivity contribution in [3.05, 3.63) is 28.7 Å². The fourth-order valence-electron chi connectivity index (χ4n) is 1.45. The van der Waals surface area contributed by atoms with Crippen LogP contribution in [0.2, 0.25) is 0 Å². The van der Waals surface area contributed by atoms with E-state index in [-0.39, 0.29) is 19.3 Å². The van der Waals surface area contributed by atoms with Gasteiger partial charge in [0.1, 0.15) is 18.5 Å². The Bertz CT molecular complexity index is 345. The molecule has 0 heterocycles. The van der Waals surface area contributed by atoms with Crippen molar-refractivity contribution in [2.24, 2.45) is 0 Å². The van der Waals surface area contributed by atoms with Crippen molar-refractivity contribution in [2.75, 3.05) is 19.8 Å². The molecule has 0 unspecified atom stereocenters. The van der Waals surface area contributed by atoms with Crippen LogP contribution in [0.3, 0.4) is 0 Å². The van der Waals surface area contributed by atoms with Crippen molar-refractivity contribution < 1.29 is 14.9 Å². The molecule has 0 aliphatic heterocycles. The molecule has 0 saturated heterocycles. The van der Waals surface area contributed by atoms with Crippen LogP contribution in [0.5, 0.6) is 5.75 Å². The molecule has 1 aromatic carbocycles. The Morgan fingerprint density at radius 1 is 1.44 bits per heavy atom. The second-order valence-electron chi connectivity index (χ2n) is 4.12. The minimum absolute atomic E-state index is 0.0329. The van der Waals surface area contributed by atoms with Gasteiger partial charge >= 0.3 is 0 Å². The van der Waals surface area contributed by atoms with Crippen LogP contribution in [0, 0.1) is 0 Å². The molecule has 3 N–H and O–H groups in total. The fourth-order valence-corrected chi connectivity index (χ4v) is 1.83. The molecule has 0 fully saturated rings. The van der Waals surface area contributed by atoms with Gasteiger partial charge in [-0.3, -0.25) is 0 Å². The average molecular weight is 318 g/mol. The number of ether oxygens (including phenoxy) is 1. The summed E-state index contributed by atoms with van der Waals surface area (Å²) in [4.78, 5) is 0. The lowest BCUT2D eigenvalue weighted by Gasteiger charge is -2.17. The third kappa shape index (κ3) is 5.82. The van der Waals surface area contributed by atoms with Crippen molar-refractivity contribution in [3.63, 3.8) is 0 Å². The second kappa shape index (κ2) is 8.48. The molecule has 1 rings (SSSR count). The van der Waals surface area contributed by atoms with Gasteiger partial charge in [-0.2, -0.15) is 0 Å². The molecule has 18 heavy (non-hydrogen) atoms. The van der Waals surface area contributed by atoms with Gasteiger partial charge < -0.3 is 20.3 Å². The first kappa shape index (κ1) is 15.4. The van der Waals surface area contributed by atoms with Gasteiger partial charge in [0.2, 0.25) is 0 Å². The molecule has 0 amide bonds. The Balaban J connectivity index is 2.26. The van der Waals surface area contributed by atoms with Gasteiger partial charge in [-0.1, -0.05) is 28.9 Å². The summed E-state index contributed by atoms with van der Waals surface area (Å²) in [5.41, 5.74) is 0. The molecular weight excluding hydrogens is 298 g/mol. The third-order valence-electron chi connectivity index (χ3n) is 2.59. The topological polar surface area (TPSA) is 61.7 Å². The smallest absolute Gasteiger partial charge is 0.120 e. The summed E-state index contributed by atoms with van der Waals surface area (Å²) in [6, 6.07) is 7.52. The highest BCUT2D eigenvalue weighted by Gasteiger charge is 2.09. The Morgan fingerprint density at radius 2 is 2.22 bits per heavy atom. The molecule has 0 spiro atoms. The van der Waals surface area contributed by atoms with Crippen LogP contribution in [-0.2, 0) is 0 Å². The first-order valence-corrected chi connectivity index (χ1v) is 6.85. The number of aliphatic hydroxyl groups is 2. The number of aliphatic hydroxyl groups excluding tert-OH is 2. The number of hydrogen-bond acceptors (Lipinski definition) is 4. The quantitative estimate of drug-likeness (QED) is 0.681. The van der Waals surface area contributed by atoms with Crippen molar-refractivity contribution in [3.8, 4) is 5.75 Å². The van der Waals surface area contributed by atoms with E-state index in [0.717, 1.165) is 16.6 Å². The zero-order chi connectivity index (χ0) is 13.4. The van der Waals surface area contributed by atoms with Crippen molar-refractivity contribution >= 4 is 15.9 Å². The van der Waals surface area contributed by atoms with E-state index in [1.54, 1.807) is 0 Å². The molecule has 0 aliphatic rings. The summed E-state index contributed by atoms with van der Waals surface area (Å²) in [6.07, 6.45) is 0.236. The summed E-state index contributed by atoms with van der Waals surface area (Å²) in [6.45, 7) is 2.70. The van der Waals surface area contributed by atoms with Gasteiger partial charge in [0.25, 0.3) is 0 Å². The van der Waals surface area contributed by atoms with Crippen LogP contribution >= 0.6 is 15.9 Å². The molecule has 5 heteroatoms. The van der Waals surface area contributed by atoms with Gasteiger partial charge in [-0.05, 0) is 24.6 Å². The van der Waals surface area contributed by atoms with Crippen molar-refractivity contribution in [1.29, 1.82) is 0 Å². The molecule has 1 aromatic rings. The van der Waals surface area contributed by atoms with Gasteiger partial charge in [0, 0.05) is 17.1 Å². The maximum absolute atomic E-state index is 9.74. The minimum atomic E-state index is -0.593. The molecule has 0 aliphatic carbocycles. The van der Waals surface area contributed by atoms with Gasteiger partial charge in [-0.15, -0.1) is 0 Å². The zero-order valence-electron chi connectivity index (χ0n) is 10.5. The highest BCUT2D eigenvalue weighted by Crippen LogP contribution is 2.17. The lowest BCUT2D eigenvalue weighted by molar-refractivity contribution is 0.0994. The maximum Gasteiger partial charge on any atom is 0.120 e. The largest absolute Gasteiger partial charge is 0.491 e. The number of benzene rings is 1. The molecule has 0 aromatic heterocycles. The highest BCUT2D eigenvalue weighted by atomic mass is 79.9. The van der Waals surface area contributed by atoms with Crippen LogP contribution in [0.1, 0.15) is 13.3 Å². The fraction of sp³-hybridized carbons (Fsp3) is 0.538. The van der Waals surface area contributed by atoms with E-state index in [9.17, 15) is 5.11 Å². The standard InChI is InChI=1S/C13H20BrNO3/c1-2-11(8-16)15-7-12(17)9-18-13-5-3-4-10(14)6-13/h3-6,11-12,15-17H,2,7-9H2,1H3/t11-,12+/m0/s1. The van der Waals surface area contributed by atoms with Crippen molar-refractivity contribution in [2.45, 2.75) is 25.5 Å². The van der Waals surface area contributed by atoms with E-state index in [0.29, 0.717) is 6.54 Å². The first-order valence-electron chi connectivity index (χ1n) is 6.06. The summed E-state index contributed by atoms with van der Waals surface area (Å²) >= 11 is 3.36. The van der Waals surface area contributed by atoms with E-state index in [2.05, 4.69) is 21.2 Å². The van der Waals surface area contributed by atoms with Gasteiger partial charge in [-0.25, -0.2) is 0 Å². The summed E-state index contributed by atoms with van der Waals surface area (Å²) in [5.74, 6) is 0.720. The zero-order valence-corrected chi connectivity index (χ0v) is 12.1. The second-order valence-corrected chi connectivity index (χ2v) is 5.03. The molecule has 4 nitrogen and oxygen atoms in total. The normalized spacial score (nSPS) is 14.2. The monoisotopic (exact) mass is 317 g/mol. The van der Waals surface area contributed by atoms with Crippen molar-refractivity contribution in [1.82, 2.24) is 5.32 Å². The Morgan fingerprint density at radius 3 is 2.83 bits per heavy atom. The van der Waals surface area contributed by atoms with Crippen LogP contribution in [-0.4, -0.2) is 42.1 Å². The lowest BCUT2D eigenvalue weighted by atomic mass is 10.2. The maximum atomic E-state index is 9.74. The number of nitrogens with one attached hydrogen (secondary N) is 1. The van der Waals surface area contributed by atoms with E-state index in [4.69, 9.17) is 9.84 Å². The minimum Gasteiger partial charge on any atom is -0.491 e. The Labute approximate surface area is 116 Å². The molecule has 0 saturated carbocycles. The SMILES string of the molecule is CC[C@@H](CO)NC[C@@H](O)COc1cccc(Br)c1. The molecule has 102 valence electrons. The molecule has 0 radical (unpaired) electrons. The molecular formula is C13H20BrNO3. The molecule has 2 atom stereocenters. The Kier molecular flexibility index (Phi) is 7.27. The van der Waals surface area contributed by atoms with Crippen LogP contribution in [0.4, 0.5) is 0 Å². The van der Waals surface area contributed by atoms with Gasteiger partial charge in [0.15, 0.2) is 0 Å². The van der Waals surface area contributed by atoms with Crippen LogP contribution < -0.4 is 10.1 Å². The van der Waals surface area contributed by atoms with Crippen LogP contribution in [0.15, 0.2) is 28.7 Å².